The average Bonchev–Trinajstić information content (AvgIpc) is 2.79. The van der Waals surface area contributed by atoms with Gasteiger partial charge in [0.25, 0.3) is 0 Å². The van der Waals surface area contributed by atoms with E-state index >= 15 is 0 Å². The van der Waals surface area contributed by atoms with Crippen LogP contribution in [0.4, 0.5) is 0 Å². The van der Waals surface area contributed by atoms with Crippen LogP contribution in [-0.4, -0.2) is 20.4 Å². The second kappa shape index (κ2) is 11.2. The molecule has 3 aromatic rings. The minimum Gasteiger partial charge on any atom is -0.508 e. The highest BCUT2D eigenvalue weighted by Crippen LogP contribution is 2.39. The van der Waals surface area contributed by atoms with Gasteiger partial charge in [-0.05, 0) is 84.1 Å². The smallest absolute Gasteiger partial charge is 0.238 e. The molecule has 0 saturated carbocycles. The first-order valence-electron chi connectivity index (χ1n) is 12.0. The van der Waals surface area contributed by atoms with E-state index in [1.807, 2.05) is 32.9 Å². The van der Waals surface area contributed by atoms with E-state index in [2.05, 4.69) is 19.9 Å². The lowest BCUT2D eigenvalue weighted by atomic mass is 10.0. The zero-order chi connectivity index (χ0) is 26.6. The zero-order valence-electron chi connectivity index (χ0n) is 21.5. The number of aromatic hydroxyl groups is 4. The van der Waals surface area contributed by atoms with Gasteiger partial charge < -0.3 is 24.8 Å². The Hall–Kier alpha value is -3.93. The van der Waals surface area contributed by atoms with Crippen LogP contribution in [0.25, 0.3) is 22.3 Å². The summed E-state index contributed by atoms with van der Waals surface area (Å²) in [6.07, 6.45) is 8.68. The average molecular weight is 491 g/mol. The van der Waals surface area contributed by atoms with Gasteiger partial charge in [-0.3, -0.25) is 4.79 Å². The van der Waals surface area contributed by atoms with Crippen molar-refractivity contribution in [2.24, 2.45) is 0 Å². The Morgan fingerprint density at radius 1 is 0.833 bits per heavy atom. The molecule has 3 rings (SSSR count). The van der Waals surface area contributed by atoms with Gasteiger partial charge in [-0.25, -0.2) is 0 Å². The third-order valence-corrected chi connectivity index (χ3v) is 6.02. The largest absolute Gasteiger partial charge is 0.508 e. The van der Waals surface area contributed by atoms with Gasteiger partial charge >= 0.3 is 0 Å². The predicted octanol–water partition coefficient (Wildman–Crippen LogP) is 7.03. The molecule has 36 heavy (non-hydrogen) atoms. The summed E-state index contributed by atoms with van der Waals surface area (Å²) < 4.78 is 5.98. The molecule has 1 heterocycles. The Balaban J connectivity index is 2.09. The molecule has 2 aromatic carbocycles. The maximum Gasteiger partial charge on any atom is 0.238 e. The summed E-state index contributed by atoms with van der Waals surface area (Å²) in [5, 5.41) is 41.7. The van der Waals surface area contributed by atoms with Gasteiger partial charge in [-0.1, -0.05) is 34.9 Å². The van der Waals surface area contributed by atoms with Crippen LogP contribution < -0.4 is 5.43 Å². The molecule has 1 aromatic heterocycles. The molecule has 0 bridgehead atoms. The van der Waals surface area contributed by atoms with E-state index in [0.717, 1.165) is 24.5 Å². The third-order valence-electron chi connectivity index (χ3n) is 6.02. The van der Waals surface area contributed by atoms with Crippen LogP contribution in [0.15, 0.2) is 68.4 Å². The maximum atomic E-state index is 13.0. The van der Waals surface area contributed by atoms with Crippen LogP contribution in [-0.2, 0) is 12.8 Å². The highest BCUT2D eigenvalue weighted by Gasteiger charge is 2.22. The van der Waals surface area contributed by atoms with E-state index in [0.29, 0.717) is 23.1 Å². The number of phenols is 3. The minimum atomic E-state index is -0.799. The van der Waals surface area contributed by atoms with Gasteiger partial charge in [0.05, 0.1) is 0 Å². The lowest BCUT2D eigenvalue weighted by Crippen LogP contribution is -2.05. The second-order valence-corrected chi connectivity index (χ2v) is 9.61. The van der Waals surface area contributed by atoms with Crippen molar-refractivity contribution in [1.82, 2.24) is 0 Å². The Morgan fingerprint density at radius 3 is 2.19 bits per heavy atom. The summed E-state index contributed by atoms with van der Waals surface area (Å²) >= 11 is 0. The molecular formula is C30H34O6. The maximum absolute atomic E-state index is 13.0. The number of fused-ring (bicyclic) bond motifs is 1. The van der Waals surface area contributed by atoms with E-state index < -0.39 is 16.9 Å². The van der Waals surface area contributed by atoms with Crippen molar-refractivity contribution >= 4 is 11.0 Å². The van der Waals surface area contributed by atoms with E-state index in [1.165, 1.54) is 17.2 Å². The number of benzene rings is 2. The standard InChI is InChI=1S/C30H34O6/c1-17(2)7-6-8-19(5)10-11-20-15-21(12-14-23(20)31)29-28(35)27(34)26-25(33)16-24(32)22(30(26)36-29)13-9-18(3)4/h7,9-10,12,14-16,31-33,35H,6,8,11,13H2,1-5H3/b19-10+. The summed E-state index contributed by atoms with van der Waals surface area (Å²) in [7, 11) is 0. The normalized spacial score (nSPS) is 11.5. The Morgan fingerprint density at radius 2 is 1.53 bits per heavy atom. The number of hydrogen-bond acceptors (Lipinski definition) is 6. The van der Waals surface area contributed by atoms with Gasteiger partial charge in [0.2, 0.25) is 11.2 Å². The highest BCUT2D eigenvalue weighted by molar-refractivity contribution is 5.91. The van der Waals surface area contributed by atoms with Crippen molar-refractivity contribution in [1.29, 1.82) is 0 Å². The monoisotopic (exact) mass is 490 g/mol. The van der Waals surface area contributed by atoms with Crippen LogP contribution in [0.2, 0.25) is 0 Å². The molecule has 0 atom stereocenters. The predicted molar refractivity (Wildman–Crippen MR) is 144 cm³/mol. The molecule has 0 unspecified atom stereocenters. The Bertz CT molecular complexity index is 1430. The molecule has 0 spiro atoms. The molecule has 0 amide bonds. The summed E-state index contributed by atoms with van der Waals surface area (Å²) in [4.78, 5) is 13.0. The number of hydrogen-bond donors (Lipinski definition) is 4. The first-order valence-corrected chi connectivity index (χ1v) is 12.0. The molecule has 0 aliphatic rings. The van der Waals surface area contributed by atoms with Gasteiger partial charge in [0, 0.05) is 17.2 Å². The van der Waals surface area contributed by atoms with E-state index in [-0.39, 0.29) is 34.6 Å². The summed E-state index contributed by atoms with van der Waals surface area (Å²) in [6, 6.07) is 5.78. The van der Waals surface area contributed by atoms with Crippen molar-refractivity contribution in [3.63, 3.8) is 0 Å². The molecule has 6 heteroatoms. The molecule has 190 valence electrons. The van der Waals surface area contributed by atoms with Crippen molar-refractivity contribution < 1.29 is 24.8 Å². The molecule has 0 aliphatic carbocycles. The van der Waals surface area contributed by atoms with Crippen LogP contribution in [0.1, 0.15) is 58.6 Å². The van der Waals surface area contributed by atoms with Gasteiger partial charge in [0.15, 0.2) is 5.76 Å². The van der Waals surface area contributed by atoms with Crippen molar-refractivity contribution in [2.75, 3.05) is 0 Å². The van der Waals surface area contributed by atoms with Crippen LogP contribution >= 0.6 is 0 Å². The number of allylic oxidation sites excluding steroid dienone is 6. The third kappa shape index (κ3) is 6.00. The van der Waals surface area contributed by atoms with E-state index in [4.69, 9.17) is 4.42 Å². The molecule has 0 fully saturated rings. The van der Waals surface area contributed by atoms with Crippen molar-refractivity contribution in [3.05, 3.63) is 80.6 Å². The van der Waals surface area contributed by atoms with Gasteiger partial charge in [-0.2, -0.15) is 0 Å². The van der Waals surface area contributed by atoms with Crippen molar-refractivity contribution in [3.8, 4) is 34.3 Å². The SMILES string of the molecule is CC(C)=CCC/C(C)=C/Cc1cc(-c2oc3c(CC=C(C)C)c(O)cc(O)c3c(=O)c2O)ccc1O. The fourth-order valence-electron chi connectivity index (χ4n) is 3.94. The Kier molecular flexibility index (Phi) is 8.30. The first-order chi connectivity index (χ1) is 17.0. The van der Waals surface area contributed by atoms with Crippen LogP contribution in [0.3, 0.4) is 0 Å². The molecule has 6 nitrogen and oxygen atoms in total. The highest BCUT2D eigenvalue weighted by atomic mass is 16.4. The van der Waals surface area contributed by atoms with Gasteiger partial charge in [-0.15, -0.1) is 0 Å². The number of phenolic OH excluding ortho intramolecular Hbond substituents is 3. The summed E-state index contributed by atoms with van der Waals surface area (Å²) in [5.41, 5.74) is 4.01. The minimum absolute atomic E-state index is 0.00689. The summed E-state index contributed by atoms with van der Waals surface area (Å²) in [5.74, 6) is -1.34. The van der Waals surface area contributed by atoms with E-state index in [9.17, 15) is 25.2 Å². The molecule has 0 aliphatic heterocycles. The topological polar surface area (TPSA) is 111 Å². The lowest BCUT2D eigenvalue weighted by molar-refractivity contribution is 0.435. The summed E-state index contributed by atoms with van der Waals surface area (Å²) in [6.45, 7) is 9.99. The number of rotatable bonds is 8. The molecule has 0 saturated heterocycles. The lowest BCUT2D eigenvalue weighted by Gasteiger charge is -2.12. The quantitative estimate of drug-likeness (QED) is 0.252. The van der Waals surface area contributed by atoms with Crippen LogP contribution in [0.5, 0.6) is 23.0 Å². The zero-order valence-corrected chi connectivity index (χ0v) is 21.5. The Labute approximate surface area is 211 Å². The second-order valence-electron chi connectivity index (χ2n) is 9.61. The van der Waals surface area contributed by atoms with Gasteiger partial charge in [0.1, 0.15) is 28.2 Å². The van der Waals surface area contributed by atoms with Crippen molar-refractivity contribution in [2.45, 2.75) is 60.3 Å². The molecular weight excluding hydrogens is 456 g/mol. The van der Waals surface area contributed by atoms with Crippen LogP contribution in [0, 0.1) is 0 Å². The molecule has 4 N–H and O–H groups in total. The molecule has 0 radical (unpaired) electrons. The fourth-order valence-corrected chi connectivity index (χ4v) is 3.94. The fraction of sp³-hybridized carbons (Fsp3) is 0.300. The first kappa shape index (κ1) is 26.7. The van der Waals surface area contributed by atoms with E-state index in [1.54, 1.807) is 12.1 Å².